The van der Waals surface area contributed by atoms with Gasteiger partial charge in [0.05, 0.1) is 30.9 Å². The number of aryl methyl sites for hydroxylation is 2. The van der Waals surface area contributed by atoms with Gasteiger partial charge in [-0.3, -0.25) is 4.79 Å². The fourth-order valence-corrected chi connectivity index (χ4v) is 3.54. The van der Waals surface area contributed by atoms with E-state index in [1.807, 2.05) is 24.3 Å². The molecule has 5 rings (SSSR count). The Labute approximate surface area is 183 Å². The van der Waals surface area contributed by atoms with Gasteiger partial charge in [0.1, 0.15) is 6.10 Å². The minimum Gasteiger partial charge on any atom is -0.370 e. The van der Waals surface area contributed by atoms with Crippen molar-refractivity contribution in [1.82, 2.24) is 29.7 Å². The number of rotatable bonds is 4. The summed E-state index contributed by atoms with van der Waals surface area (Å²) in [4.78, 5) is 31.7. The van der Waals surface area contributed by atoms with Crippen molar-refractivity contribution in [2.24, 2.45) is 7.05 Å². The summed E-state index contributed by atoms with van der Waals surface area (Å²) in [6.45, 7) is 3.59. The number of benzene rings is 1. The summed E-state index contributed by atoms with van der Waals surface area (Å²) in [7, 11) is 1.66. The quantitative estimate of drug-likeness (QED) is 0.480. The van der Waals surface area contributed by atoms with E-state index in [-0.39, 0.29) is 11.7 Å². The molecule has 1 aromatic carbocycles. The van der Waals surface area contributed by atoms with E-state index in [1.54, 1.807) is 26.2 Å². The number of ether oxygens (including phenoxy) is 1. The van der Waals surface area contributed by atoms with Gasteiger partial charge in [0.2, 0.25) is 17.7 Å². The molecule has 1 fully saturated rings. The van der Waals surface area contributed by atoms with Crippen LogP contribution in [0.25, 0.3) is 22.8 Å². The van der Waals surface area contributed by atoms with Crippen molar-refractivity contribution in [1.29, 1.82) is 0 Å². The highest BCUT2D eigenvalue weighted by Crippen LogP contribution is 2.27. The molecule has 4 aromatic rings. The lowest BCUT2D eigenvalue weighted by Crippen LogP contribution is -2.39. The second-order valence-electron chi connectivity index (χ2n) is 7.53. The molecule has 0 radical (unpaired) electrons. The summed E-state index contributed by atoms with van der Waals surface area (Å²) in [5.41, 5.74) is 2.92. The Bertz CT molecular complexity index is 1300. The standard InChI is InChI=1S/C22H21N7O3/c1-14-25-21(27-32-14)16-5-3-15(4-6-16)19-12-29(9-10-31-19)22-23-8-7-17(26-22)18-11-20(30)28(2)13-24-18/h3-8,11,13,19H,9-10,12H2,1-2H3/t19-/m1/s1. The van der Waals surface area contributed by atoms with E-state index < -0.39 is 0 Å². The molecule has 0 amide bonds. The van der Waals surface area contributed by atoms with Crippen molar-refractivity contribution < 1.29 is 9.26 Å². The lowest BCUT2D eigenvalue weighted by molar-refractivity contribution is 0.0392. The number of morpholine rings is 1. The van der Waals surface area contributed by atoms with Gasteiger partial charge in [0.15, 0.2) is 0 Å². The predicted octanol–water partition coefficient (Wildman–Crippen LogP) is 2.17. The van der Waals surface area contributed by atoms with Crippen LogP contribution in [-0.4, -0.2) is 49.4 Å². The Kier molecular flexibility index (Phi) is 5.20. The average Bonchev–Trinajstić information content (AvgIpc) is 3.27. The van der Waals surface area contributed by atoms with Crippen LogP contribution in [0.1, 0.15) is 17.6 Å². The van der Waals surface area contributed by atoms with Crippen molar-refractivity contribution in [2.75, 3.05) is 24.6 Å². The van der Waals surface area contributed by atoms with E-state index >= 15 is 0 Å². The summed E-state index contributed by atoms with van der Waals surface area (Å²) >= 11 is 0. The van der Waals surface area contributed by atoms with Gasteiger partial charge >= 0.3 is 0 Å². The minimum absolute atomic E-state index is 0.126. The molecule has 10 nitrogen and oxygen atoms in total. The summed E-state index contributed by atoms with van der Waals surface area (Å²) in [6, 6.07) is 11.2. The first-order valence-electron chi connectivity index (χ1n) is 10.2. The van der Waals surface area contributed by atoms with Gasteiger partial charge in [-0.15, -0.1) is 0 Å². The predicted molar refractivity (Wildman–Crippen MR) is 116 cm³/mol. The first-order valence-corrected chi connectivity index (χ1v) is 10.2. The lowest BCUT2D eigenvalue weighted by atomic mass is 10.1. The molecular formula is C22H21N7O3. The molecule has 1 saturated heterocycles. The van der Waals surface area contributed by atoms with E-state index in [2.05, 4.69) is 30.0 Å². The van der Waals surface area contributed by atoms with Gasteiger partial charge in [-0.2, -0.15) is 4.98 Å². The molecule has 32 heavy (non-hydrogen) atoms. The second-order valence-corrected chi connectivity index (χ2v) is 7.53. The van der Waals surface area contributed by atoms with Gasteiger partial charge in [-0.05, 0) is 11.6 Å². The molecule has 0 unspecified atom stereocenters. The minimum atomic E-state index is -0.138. The molecule has 1 aliphatic heterocycles. The Hall–Kier alpha value is -3.92. The van der Waals surface area contributed by atoms with Crippen LogP contribution in [0.4, 0.5) is 5.95 Å². The highest BCUT2D eigenvalue weighted by atomic mass is 16.5. The zero-order valence-corrected chi connectivity index (χ0v) is 17.7. The molecule has 0 spiro atoms. The summed E-state index contributed by atoms with van der Waals surface area (Å²) in [5.74, 6) is 1.68. The number of aromatic nitrogens is 6. The maximum absolute atomic E-state index is 12.0. The Morgan fingerprint density at radius 3 is 2.66 bits per heavy atom. The molecule has 0 N–H and O–H groups in total. The molecular weight excluding hydrogens is 410 g/mol. The normalized spacial score (nSPS) is 16.3. The van der Waals surface area contributed by atoms with Crippen LogP contribution in [-0.2, 0) is 11.8 Å². The van der Waals surface area contributed by atoms with Crippen molar-refractivity contribution in [3.8, 4) is 22.8 Å². The van der Waals surface area contributed by atoms with Gasteiger partial charge < -0.3 is 18.7 Å². The molecule has 0 saturated carbocycles. The fourth-order valence-electron chi connectivity index (χ4n) is 3.54. The number of hydrogen-bond acceptors (Lipinski definition) is 9. The second kappa shape index (κ2) is 8.31. The number of anilines is 1. The first-order chi connectivity index (χ1) is 15.6. The SMILES string of the molecule is Cc1nc(-c2ccc([C@H]3CN(c4nccc(-c5cc(=O)n(C)cn5)n4)CCO3)cc2)no1. The van der Waals surface area contributed by atoms with Crippen LogP contribution in [0, 0.1) is 6.92 Å². The van der Waals surface area contributed by atoms with Crippen LogP contribution in [0.5, 0.6) is 0 Å². The maximum Gasteiger partial charge on any atom is 0.253 e. The summed E-state index contributed by atoms with van der Waals surface area (Å²) in [6.07, 6.45) is 3.05. The summed E-state index contributed by atoms with van der Waals surface area (Å²) in [5, 5.41) is 3.96. The Morgan fingerprint density at radius 2 is 1.91 bits per heavy atom. The third kappa shape index (κ3) is 4.00. The third-order valence-corrected chi connectivity index (χ3v) is 5.30. The van der Waals surface area contributed by atoms with Crippen molar-refractivity contribution in [3.05, 3.63) is 70.7 Å². The third-order valence-electron chi connectivity index (χ3n) is 5.30. The molecule has 162 valence electrons. The van der Waals surface area contributed by atoms with Crippen LogP contribution in [0.2, 0.25) is 0 Å². The lowest BCUT2D eigenvalue weighted by Gasteiger charge is -2.33. The zero-order valence-electron chi connectivity index (χ0n) is 17.7. The maximum atomic E-state index is 12.0. The van der Waals surface area contributed by atoms with E-state index in [1.165, 1.54) is 17.0 Å². The first kappa shape index (κ1) is 20.0. The zero-order chi connectivity index (χ0) is 22.1. The average molecular weight is 431 g/mol. The number of hydrogen-bond donors (Lipinski definition) is 0. The van der Waals surface area contributed by atoms with Crippen molar-refractivity contribution in [3.63, 3.8) is 0 Å². The molecule has 4 heterocycles. The monoisotopic (exact) mass is 431 g/mol. The molecule has 0 bridgehead atoms. The highest BCUT2D eigenvalue weighted by Gasteiger charge is 2.24. The number of nitrogens with zero attached hydrogens (tertiary/aromatic N) is 7. The molecule has 10 heteroatoms. The molecule has 0 aliphatic carbocycles. The van der Waals surface area contributed by atoms with Crippen molar-refractivity contribution in [2.45, 2.75) is 13.0 Å². The Balaban J connectivity index is 1.35. The van der Waals surface area contributed by atoms with E-state index in [4.69, 9.17) is 9.26 Å². The molecule has 3 aromatic heterocycles. The van der Waals surface area contributed by atoms with Gasteiger partial charge in [-0.25, -0.2) is 15.0 Å². The van der Waals surface area contributed by atoms with Gasteiger partial charge in [-0.1, -0.05) is 29.4 Å². The molecule has 1 aliphatic rings. The molecule has 1 atom stereocenters. The van der Waals surface area contributed by atoms with Crippen LogP contribution < -0.4 is 10.5 Å². The van der Waals surface area contributed by atoms with Gasteiger partial charge in [0, 0.05) is 38.3 Å². The smallest absolute Gasteiger partial charge is 0.253 e. The van der Waals surface area contributed by atoms with Crippen molar-refractivity contribution >= 4 is 5.95 Å². The van der Waals surface area contributed by atoms with E-state index in [0.29, 0.717) is 48.7 Å². The topological polar surface area (TPSA) is 112 Å². The summed E-state index contributed by atoms with van der Waals surface area (Å²) < 4.78 is 12.5. The van der Waals surface area contributed by atoms with Crippen LogP contribution in [0.3, 0.4) is 0 Å². The largest absolute Gasteiger partial charge is 0.370 e. The van der Waals surface area contributed by atoms with E-state index in [9.17, 15) is 4.79 Å². The van der Waals surface area contributed by atoms with Crippen LogP contribution in [0.15, 0.2) is 58.2 Å². The van der Waals surface area contributed by atoms with E-state index in [0.717, 1.165) is 11.1 Å². The van der Waals surface area contributed by atoms with Gasteiger partial charge in [0.25, 0.3) is 5.56 Å². The van der Waals surface area contributed by atoms with Crippen LogP contribution >= 0.6 is 0 Å². The highest BCUT2D eigenvalue weighted by molar-refractivity contribution is 5.56. The Morgan fingerprint density at radius 1 is 1.06 bits per heavy atom. The fraction of sp³-hybridized carbons (Fsp3) is 0.273.